The second-order valence-electron chi connectivity index (χ2n) is 7.64. The average molecular weight is 486 g/mol. The molecule has 0 aliphatic heterocycles. The largest absolute Gasteiger partial charge is 0.480 e. The van der Waals surface area contributed by atoms with Crippen molar-refractivity contribution < 1.29 is 24.3 Å². The summed E-state index contributed by atoms with van der Waals surface area (Å²) in [6.45, 7) is 1.90. The Hall–Kier alpha value is -2.64. The summed E-state index contributed by atoms with van der Waals surface area (Å²) in [5.41, 5.74) is 11.8. The van der Waals surface area contributed by atoms with Crippen LogP contribution in [-0.4, -0.2) is 81.5 Å². The number of thioether (sulfide) groups is 1. The zero-order valence-electron chi connectivity index (χ0n) is 19.0. The Morgan fingerprint density at radius 3 is 2.36 bits per heavy atom. The minimum absolute atomic E-state index is 0.0562. The number of aromatic amines is 1. The van der Waals surface area contributed by atoms with Crippen LogP contribution < -0.4 is 27.4 Å². The number of H-pyrrole nitrogens is 1. The molecule has 186 valence electrons. The lowest BCUT2D eigenvalue weighted by atomic mass is 10.1. The van der Waals surface area contributed by atoms with E-state index >= 15 is 0 Å². The van der Waals surface area contributed by atoms with Gasteiger partial charge in [0.05, 0.1) is 12.4 Å². The smallest absolute Gasteiger partial charge is 0.326 e. The fourth-order valence-corrected chi connectivity index (χ4v) is 3.40. The number of unbranched alkanes of at least 4 members (excludes halogenated alkanes) is 1. The molecule has 1 aromatic rings. The summed E-state index contributed by atoms with van der Waals surface area (Å²) in [7, 11) is 0. The number of hydrogen-bond acceptors (Lipinski definition) is 8. The second kappa shape index (κ2) is 15.2. The highest BCUT2D eigenvalue weighted by molar-refractivity contribution is 7.98. The third kappa shape index (κ3) is 10.7. The van der Waals surface area contributed by atoms with Crippen molar-refractivity contribution >= 4 is 35.5 Å². The quantitative estimate of drug-likeness (QED) is 0.139. The molecular weight excluding hydrogens is 450 g/mol. The molecule has 0 aliphatic rings. The number of carboxylic acid groups (broad SMARTS) is 1. The Bertz CT molecular complexity index is 762. The number of nitrogens with two attached hydrogens (primary N) is 2. The number of nitrogens with one attached hydrogen (secondary N) is 4. The molecule has 12 nitrogen and oxygen atoms in total. The molecule has 4 atom stereocenters. The first kappa shape index (κ1) is 28.4. The topological polar surface area (TPSA) is 205 Å². The van der Waals surface area contributed by atoms with Crippen LogP contribution in [-0.2, 0) is 25.6 Å². The standard InChI is InChI=1S/C20H35N7O5S/c1-12(25-18(29)14(22)6-8-33-2)17(28)27-16(9-13-10-23-11-24-13)19(30)26-15(20(31)32)5-3-4-7-21/h10-12,14-16H,3-9,21-22H2,1-2H3,(H,23,24)(H,25,29)(H,26,30)(H,27,28)(H,31,32). The Kier molecular flexibility index (Phi) is 13.1. The van der Waals surface area contributed by atoms with Gasteiger partial charge in [-0.3, -0.25) is 14.4 Å². The molecule has 9 N–H and O–H groups in total. The summed E-state index contributed by atoms with van der Waals surface area (Å²) in [5.74, 6) is -2.19. The highest BCUT2D eigenvalue weighted by Crippen LogP contribution is 2.05. The summed E-state index contributed by atoms with van der Waals surface area (Å²) in [6.07, 6.45) is 6.72. The molecule has 0 spiro atoms. The fraction of sp³-hybridized carbons (Fsp3) is 0.650. The molecule has 0 fully saturated rings. The minimum atomic E-state index is -1.17. The van der Waals surface area contributed by atoms with E-state index in [1.54, 1.807) is 11.8 Å². The summed E-state index contributed by atoms with van der Waals surface area (Å²) in [5, 5.41) is 17.0. The number of carbonyl (C=O) groups is 4. The normalized spacial score (nSPS) is 14.5. The average Bonchev–Trinajstić information content (AvgIpc) is 3.29. The van der Waals surface area contributed by atoms with Crippen molar-refractivity contribution in [2.24, 2.45) is 11.5 Å². The van der Waals surface area contributed by atoms with Crippen LogP contribution in [0.3, 0.4) is 0 Å². The van der Waals surface area contributed by atoms with Gasteiger partial charge in [-0.15, -0.1) is 0 Å². The molecule has 0 radical (unpaired) electrons. The third-order valence-corrected chi connectivity index (χ3v) is 5.54. The predicted octanol–water partition coefficient (Wildman–Crippen LogP) is -1.28. The molecule has 1 heterocycles. The number of rotatable bonds is 16. The van der Waals surface area contributed by atoms with Gasteiger partial charge in [0, 0.05) is 18.3 Å². The molecule has 4 unspecified atom stereocenters. The number of aromatic nitrogens is 2. The molecule has 33 heavy (non-hydrogen) atoms. The van der Waals surface area contributed by atoms with Crippen LogP contribution >= 0.6 is 11.8 Å². The van der Waals surface area contributed by atoms with Gasteiger partial charge in [0.2, 0.25) is 17.7 Å². The molecule has 0 saturated carbocycles. The van der Waals surface area contributed by atoms with Crippen molar-refractivity contribution in [3.63, 3.8) is 0 Å². The maximum absolute atomic E-state index is 12.9. The van der Waals surface area contributed by atoms with Gasteiger partial charge in [-0.25, -0.2) is 9.78 Å². The Labute approximate surface area is 197 Å². The van der Waals surface area contributed by atoms with Gasteiger partial charge >= 0.3 is 5.97 Å². The second-order valence-corrected chi connectivity index (χ2v) is 8.63. The van der Waals surface area contributed by atoms with E-state index in [1.165, 1.54) is 19.4 Å². The molecule has 3 amide bonds. The van der Waals surface area contributed by atoms with Crippen molar-refractivity contribution in [3.8, 4) is 0 Å². The lowest BCUT2D eigenvalue weighted by Gasteiger charge is -2.23. The third-order valence-electron chi connectivity index (χ3n) is 4.90. The van der Waals surface area contributed by atoms with Crippen molar-refractivity contribution in [1.29, 1.82) is 0 Å². The van der Waals surface area contributed by atoms with Gasteiger partial charge in [-0.05, 0) is 51.2 Å². The van der Waals surface area contributed by atoms with Crippen LogP contribution in [0.2, 0.25) is 0 Å². The van der Waals surface area contributed by atoms with Crippen molar-refractivity contribution in [2.45, 2.75) is 63.2 Å². The van der Waals surface area contributed by atoms with Crippen LogP contribution in [0.5, 0.6) is 0 Å². The summed E-state index contributed by atoms with van der Waals surface area (Å²) < 4.78 is 0. The van der Waals surface area contributed by atoms with Gasteiger partial charge in [0.25, 0.3) is 0 Å². The molecular formula is C20H35N7O5S. The SMILES string of the molecule is CSCCC(N)C(=O)NC(C)C(=O)NC(Cc1cnc[nH]1)C(=O)NC(CCCCN)C(=O)O. The maximum Gasteiger partial charge on any atom is 0.326 e. The van der Waals surface area contributed by atoms with E-state index in [1.807, 2.05) is 6.26 Å². The van der Waals surface area contributed by atoms with Gasteiger partial charge in [-0.1, -0.05) is 0 Å². The maximum atomic E-state index is 12.9. The van der Waals surface area contributed by atoms with Crippen LogP contribution in [0.15, 0.2) is 12.5 Å². The first-order valence-corrected chi connectivity index (χ1v) is 12.1. The van der Waals surface area contributed by atoms with E-state index in [0.29, 0.717) is 37.3 Å². The predicted molar refractivity (Wildman–Crippen MR) is 125 cm³/mol. The van der Waals surface area contributed by atoms with Crippen LogP contribution in [0, 0.1) is 0 Å². The monoisotopic (exact) mass is 485 g/mol. The van der Waals surface area contributed by atoms with Crippen molar-refractivity contribution in [2.75, 3.05) is 18.6 Å². The Balaban J connectivity index is 2.82. The number of hydrogen-bond donors (Lipinski definition) is 7. The van der Waals surface area contributed by atoms with E-state index in [9.17, 15) is 24.3 Å². The van der Waals surface area contributed by atoms with E-state index in [0.717, 1.165) is 0 Å². The number of carbonyl (C=O) groups excluding carboxylic acids is 3. The molecule has 0 aliphatic carbocycles. The highest BCUT2D eigenvalue weighted by atomic mass is 32.2. The number of carboxylic acids is 1. The fourth-order valence-electron chi connectivity index (χ4n) is 2.91. The van der Waals surface area contributed by atoms with Gasteiger partial charge in [-0.2, -0.15) is 11.8 Å². The molecule has 0 bridgehead atoms. The first-order valence-electron chi connectivity index (χ1n) is 10.7. The Morgan fingerprint density at radius 2 is 1.79 bits per heavy atom. The molecule has 13 heteroatoms. The molecule has 1 rings (SSSR count). The highest BCUT2D eigenvalue weighted by Gasteiger charge is 2.29. The number of imidazole rings is 1. The van der Waals surface area contributed by atoms with Gasteiger partial charge < -0.3 is 37.5 Å². The van der Waals surface area contributed by atoms with E-state index < -0.39 is 47.9 Å². The minimum Gasteiger partial charge on any atom is -0.480 e. The van der Waals surface area contributed by atoms with Crippen LogP contribution in [0.25, 0.3) is 0 Å². The lowest BCUT2D eigenvalue weighted by Crippen LogP contribution is -2.57. The van der Waals surface area contributed by atoms with Crippen LogP contribution in [0.1, 0.15) is 38.3 Å². The van der Waals surface area contributed by atoms with Crippen molar-refractivity contribution in [1.82, 2.24) is 25.9 Å². The molecule has 1 aromatic heterocycles. The lowest BCUT2D eigenvalue weighted by molar-refractivity contribution is -0.142. The van der Waals surface area contributed by atoms with E-state index in [4.69, 9.17) is 11.5 Å². The Morgan fingerprint density at radius 1 is 1.09 bits per heavy atom. The van der Waals surface area contributed by atoms with Crippen LogP contribution in [0.4, 0.5) is 0 Å². The van der Waals surface area contributed by atoms with E-state index in [-0.39, 0.29) is 12.8 Å². The number of amides is 3. The number of nitrogens with zero attached hydrogens (tertiary/aromatic N) is 1. The van der Waals surface area contributed by atoms with Gasteiger partial charge in [0.1, 0.15) is 18.1 Å². The number of aliphatic carboxylic acids is 1. The van der Waals surface area contributed by atoms with Crippen molar-refractivity contribution in [3.05, 3.63) is 18.2 Å². The first-order chi connectivity index (χ1) is 15.7. The van der Waals surface area contributed by atoms with Gasteiger partial charge in [0.15, 0.2) is 0 Å². The molecule has 0 saturated heterocycles. The zero-order valence-corrected chi connectivity index (χ0v) is 19.8. The summed E-state index contributed by atoms with van der Waals surface area (Å²) in [4.78, 5) is 56.0. The molecule has 0 aromatic carbocycles. The summed E-state index contributed by atoms with van der Waals surface area (Å²) >= 11 is 1.56. The summed E-state index contributed by atoms with van der Waals surface area (Å²) in [6, 6.07) is -3.90. The zero-order chi connectivity index (χ0) is 24.8. The van der Waals surface area contributed by atoms with E-state index in [2.05, 4.69) is 25.9 Å².